The zero-order valence-electron chi connectivity index (χ0n) is 36.7. The highest BCUT2D eigenvalue weighted by Crippen LogP contribution is 2.42. The van der Waals surface area contributed by atoms with Gasteiger partial charge in [0.05, 0.1) is 22.6 Å². The molecule has 3 nitrogen and oxygen atoms in total. The minimum absolute atomic E-state index is 0.928. The lowest BCUT2D eigenvalue weighted by atomic mass is 9.93. The number of nitrogens with zero attached hydrogens (tertiary/aromatic N) is 3. The van der Waals surface area contributed by atoms with Crippen molar-refractivity contribution >= 4 is 16.3 Å². The first-order valence-electron chi connectivity index (χ1n) is 22.8. The number of fused-ring (bicyclic) bond motifs is 3. The molecule has 12 rings (SSSR count). The molecular formula is C64H43N3. The van der Waals surface area contributed by atoms with Crippen molar-refractivity contribution in [2.45, 2.75) is 0 Å². The van der Waals surface area contributed by atoms with Gasteiger partial charge in [-0.3, -0.25) is 0 Å². The lowest BCUT2D eigenvalue weighted by molar-refractivity contribution is 0.979. The summed E-state index contributed by atoms with van der Waals surface area (Å²) in [4.78, 5) is 5.32. The Labute approximate surface area is 390 Å². The van der Waals surface area contributed by atoms with Crippen LogP contribution in [0.4, 0.5) is 0 Å². The van der Waals surface area contributed by atoms with Crippen molar-refractivity contribution in [1.29, 1.82) is 0 Å². The molecule has 67 heavy (non-hydrogen) atoms. The van der Waals surface area contributed by atoms with Crippen molar-refractivity contribution in [2.24, 2.45) is 0 Å². The van der Waals surface area contributed by atoms with Crippen LogP contribution in [0.15, 0.2) is 261 Å². The van der Waals surface area contributed by atoms with E-state index >= 15 is 0 Å². The Bertz CT molecular complexity index is 3580. The first kappa shape index (κ1) is 39.7. The van der Waals surface area contributed by atoms with Gasteiger partial charge >= 0.3 is 0 Å². The second-order valence-corrected chi connectivity index (χ2v) is 17.0. The summed E-state index contributed by atoms with van der Waals surface area (Å²) >= 11 is 0. The van der Waals surface area contributed by atoms with Crippen molar-refractivity contribution in [1.82, 2.24) is 14.6 Å². The van der Waals surface area contributed by atoms with Gasteiger partial charge in [0.25, 0.3) is 0 Å². The fourth-order valence-corrected chi connectivity index (χ4v) is 9.42. The van der Waals surface area contributed by atoms with Gasteiger partial charge in [0.2, 0.25) is 0 Å². The fraction of sp³-hybridized carbons (Fsp3) is 0. The van der Waals surface area contributed by atoms with Gasteiger partial charge in [0, 0.05) is 33.2 Å². The van der Waals surface area contributed by atoms with E-state index in [1.165, 1.54) is 22.3 Å². The Kier molecular flexibility index (Phi) is 10.2. The monoisotopic (exact) mass is 853 g/mol. The number of benzene rings is 9. The first-order valence-corrected chi connectivity index (χ1v) is 22.8. The van der Waals surface area contributed by atoms with Gasteiger partial charge in [0.1, 0.15) is 5.69 Å². The molecule has 0 N–H and O–H groups in total. The van der Waals surface area contributed by atoms with E-state index in [9.17, 15) is 0 Å². The Morgan fingerprint density at radius 2 is 0.672 bits per heavy atom. The van der Waals surface area contributed by atoms with Crippen LogP contribution in [0.5, 0.6) is 0 Å². The summed E-state index contributed by atoms with van der Waals surface area (Å²) in [7, 11) is 0. The molecule has 9 aromatic carbocycles. The summed E-state index contributed by atoms with van der Waals surface area (Å²) in [5.41, 5.74) is 20.8. The Morgan fingerprint density at radius 1 is 0.269 bits per heavy atom. The van der Waals surface area contributed by atoms with E-state index in [1.807, 2.05) is 0 Å². The van der Waals surface area contributed by atoms with Crippen LogP contribution in [0, 0.1) is 0 Å². The molecule has 0 radical (unpaired) electrons. The van der Waals surface area contributed by atoms with E-state index in [0.29, 0.717) is 0 Å². The average molecular weight is 854 g/mol. The van der Waals surface area contributed by atoms with E-state index in [2.05, 4.69) is 265 Å². The maximum atomic E-state index is 5.42. The first-order chi connectivity index (χ1) is 33.2. The highest BCUT2D eigenvalue weighted by atomic mass is 15.2. The van der Waals surface area contributed by atoms with Crippen molar-refractivity contribution in [3.8, 4) is 101 Å². The summed E-state index contributed by atoms with van der Waals surface area (Å²) < 4.78 is 2.16. The molecule has 314 valence electrons. The van der Waals surface area contributed by atoms with Gasteiger partial charge in [-0.15, -0.1) is 0 Å². The van der Waals surface area contributed by atoms with E-state index in [-0.39, 0.29) is 0 Å². The Balaban J connectivity index is 0.994. The number of pyridine rings is 2. The predicted octanol–water partition coefficient (Wildman–Crippen LogP) is 16.9. The molecule has 0 aliphatic rings. The molecule has 3 heteroatoms. The molecule has 3 aromatic heterocycles. The highest BCUT2D eigenvalue weighted by Gasteiger charge is 2.22. The molecule has 0 aliphatic heterocycles. The molecule has 0 unspecified atom stereocenters. The molecule has 0 bridgehead atoms. The van der Waals surface area contributed by atoms with Crippen LogP contribution in [-0.4, -0.2) is 14.6 Å². The molecule has 0 fully saturated rings. The molecule has 0 spiro atoms. The zero-order chi connectivity index (χ0) is 44.5. The van der Waals surface area contributed by atoms with E-state index in [1.54, 1.807) is 0 Å². The van der Waals surface area contributed by atoms with E-state index in [4.69, 9.17) is 10.1 Å². The molecule has 0 saturated heterocycles. The van der Waals surface area contributed by atoms with Crippen molar-refractivity contribution in [3.63, 3.8) is 0 Å². The second kappa shape index (κ2) is 17.2. The third kappa shape index (κ3) is 7.69. The fourth-order valence-electron chi connectivity index (χ4n) is 9.42. The van der Waals surface area contributed by atoms with Crippen LogP contribution >= 0.6 is 0 Å². The van der Waals surface area contributed by atoms with Crippen molar-refractivity contribution in [3.05, 3.63) is 261 Å². The molecule has 0 aliphatic carbocycles. The lowest BCUT2D eigenvalue weighted by Crippen LogP contribution is -1.96. The highest BCUT2D eigenvalue weighted by molar-refractivity contribution is 6.09. The van der Waals surface area contributed by atoms with Gasteiger partial charge in [-0.25, -0.2) is 9.50 Å². The standard InChI is InChI=1S/C64H43N3/c1-6-17-44(18-7-1)46-29-33-48(34-30-46)59-41-56(42-60(65-59)49-35-31-47(32-36-49)45-19-8-2-9-20-45)54-28-16-27-53(39-54)55-37-38-58-57(40-55)43-61(50-21-10-3-11-22-50)67-64(58)62(51-23-12-4-13-24-51)63(66-67)52-25-14-5-15-26-52/h1-43H. The van der Waals surface area contributed by atoms with E-state index in [0.717, 1.165) is 94.7 Å². The molecule has 0 atom stereocenters. The third-order valence-electron chi connectivity index (χ3n) is 12.8. The van der Waals surface area contributed by atoms with E-state index < -0.39 is 0 Å². The van der Waals surface area contributed by atoms with Crippen LogP contribution in [0.2, 0.25) is 0 Å². The van der Waals surface area contributed by atoms with Crippen molar-refractivity contribution < 1.29 is 0 Å². The smallest absolute Gasteiger partial charge is 0.101 e. The topological polar surface area (TPSA) is 30.2 Å². The quantitative estimate of drug-likeness (QED) is 0.145. The summed E-state index contributed by atoms with van der Waals surface area (Å²) in [6.07, 6.45) is 0. The summed E-state index contributed by atoms with van der Waals surface area (Å²) in [6.45, 7) is 0. The van der Waals surface area contributed by atoms with Crippen LogP contribution in [0.1, 0.15) is 0 Å². The van der Waals surface area contributed by atoms with Crippen LogP contribution in [0.3, 0.4) is 0 Å². The number of rotatable bonds is 9. The molecule has 0 saturated carbocycles. The van der Waals surface area contributed by atoms with Gasteiger partial charge in [-0.05, 0) is 85.8 Å². The maximum Gasteiger partial charge on any atom is 0.101 e. The Hall–Kier alpha value is -8.92. The number of hydrogen-bond donors (Lipinski definition) is 0. The largest absolute Gasteiger partial charge is 0.248 e. The van der Waals surface area contributed by atoms with Crippen molar-refractivity contribution in [2.75, 3.05) is 0 Å². The summed E-state index contributed by atoms with van der Waals surface area (Å²) in [5, 5.41) is 7.71. The molecule has 0 amide bonds. The molecule has 3 heterocycles. The number of hydrogen-bond acceptors (Lipinski definition) is 2. The normalized spacial score (nSPS) is 11.3. The van der Waals surface area contributed by atoms with Gasteiger partial charge in [0.15, 0.2) is 0 Å². The minimum Gasteiger partial charge on any atom is -0.248 e. The average Bonchev–Trinajstić information content (AvgIpc) is 3.83. The predicted molar refractivity (Wildman–Crippen MR) is 279 cm³/mol. The SMILES string of the molecule is c1ccc(-c2ccc(-c3cc(-c4cccc(-c5ccc6c(c5)cc(-c5ccccc5)n5nc(-c7ccccc7)c(-c7ccccc7)c65)c4)cc(-c4ccc(-c5ccccc5)cc4)n3)cc2)cc1. The maximum absolute atomic E-state index is 5.42. The zero-order valence-corrected chi connectivity index (χ0v) is 36.7. The van der Waals surface area contributed by atoms with Gasteiger partial charge < -0.3 is 0 Å². The third-order valence-corrected chi connectivity index (χ3v) is 12.8. The van der Waals surface area contributed by atoms with Gasteiger partial charge in [-0.2, -0.15) is 5.10 Å². The second-order valence-electron chi connectivity index (χ2n) is 17.0. The Morgan fingerprint density at radius 3 is 1.21 bits per heavy atom. The summed E-state index contributed by atoms with van der Waals surface area (Å²) in [6, 6.07) is 93.0. The minimum atomic E-state index is 0.928. The molecular weight excluding hydrogens is 811 g/mol. The summed E-state index contributed by atoms with van der Waals surface area (Å²) in [5.74, 6) is 0. The molecule has 12 aromatic rings. The van der Waals surface area contributed by atoms with Crippen LogP contribution in [0.25, 0.3) is 117 Å². The number of aromatic nitrogens is 3. The lowest BCUT2D eigenvalue weighted by Gasteiger charge is -2.14. The van der Waals surface area contributed by atoms with Crippen LogP contribution < -0.4 is 0 Å². The van der Waals surface area contributed by atoms with Gasteiger partial charge in [-0.1, -0.05) is 231 Å². The van der Waals surface area contributed by atoms with Crippen LogP contribution in [-0.2, 0) is 0 Å².